The van der Waals surface area contributed by atoms with Crippen molar-refractivity contribution in [2.75, 3.05) is 51.3 Å². The van der Waals surface area contributed by atoms with Crippen LogP contribution in [0.1, 0.15) is 54.9 Å². The average Bonchev–Trinajstić information content (AvgIpc) is 3.33. The molecule has 5 rings (SSSR count). The summed E-state index contributed by atoms with van der Waals surface area (Å²) in [7, 11) is 4.32. The molecule has 10 heteroatoms. The van der Waals surface area contributed by atoms with Gasteiger partial charge in [-0.2, -0.15) is 0 Å². The number of aromatic nitrogens is 2. The van der Waals surface area contributed by atoms with Crippen molar-refractivity contribution in [2.45, 2.75) is 45.2 Å². The smallest absolute Gasteiger partial charge is 0.313 e. The molecule has 0 aliphatic carbocycles. The van der Waals surface area contributed by atoms with Gasteiger partial charge in [-0.05, 0) is 68.6 Å². The number of fused-ring (bicyclic) bond motifs is 1. The molecule has 2 aliphatic heterocycles. The van der Waals surface area contributed by atoms with Crippen molar-refractivity contribution in [3.63, 3.8) is 0 Å². The third-order valence-electron chi connectivity index (χ3n) is 7.86. The lowest BCUT2D eigenvalue weighted by Crippen LogP contribution is -2.46. The lowest BCUT2D eigenvalue weighted by molar-refractivity contribution is -0.146. The number of likely N-dealkylation sites (tertiary alicyclic amines) is 1. The first-order chi connectivity index (χ1) is 18.2. The number of pyridine rings is 1. The zero-order chi connectivity index (χ0) is 27.0. The van der Waals surface area contributed by atoms with Crippen LogP contribution in [0.25, 0.3) is 10.2 Å². The van der Waals surface area contributed by atoms with Crippen molar-refractivity contribution >= 4 is 44.9 Å². The van der Waals surface area contributed by atoms with Crippen molar-refractivity contribution in [2.24, 2.45) is 5.92 Å². The van der Waals surface area contributed by atoms with E-state index >= 15 is 0 Å². The molecular formula is C28H37N7O2S. The number of piperazine rings is 1. The number of nitrogens with two attached hydrogens (primary N) is 1. The van der Waals surface area contributed by atoms with Crippen molar-refractivity contribution in [1.82, 2.24) is 24.7 Å². The summed E-state index contributed by atoms with van der Waals surface area (Å²) < 4.78 is 1.15. The number of piperidine rings is 1. The Balaban J connectivity index is 1.38. The Kier molecular flexibility index (Phi) is 7.65. The summed E-state index contributed by atoms with van der Waals surface area (Å²) in [6.07, 6.45) is 3.99. The molecule has 3 N–H and O–H groups in total. The molecule has 0 unspecified atom stereocenters. The molecule has 4 heterocycles. The van der Waals surface area contributed by atoms with E-state index < -0.39 is 11.8 Å². The number of likely N-dealkylation sites (N-methyl/N-ethyl adjacent to an activating group) is 2. The zero-order valence-electron chi connectivity index (χ0n) is 22.6. The number of benzene rings is 1. The number of carbonyl (C=O) groups is 2. The summed E-state index contributed by atoms with van der Waals surface area (Å²) >= 11 is 1.74. The van der Waals surface area contributed by atoms with Gasteiger partial charge in [0.25, 0.3) is 0 Å². The second-order valence-corrected chi connectivity index (χ2v) is 11.8. The van der Waals surface area contributed by atoms with Crippen molar-refractivity contribution in [1.29, 1.82) is 0 Å². The van der Waals surface area contributed by atoms with Crippen LogP contribution in [0.3, 0.4) is 0 Å². The predicted molar refractivity (Wildman–Crippen MR) is 152 cm³/mol. The summed E-state index contributed by atoms with van der Waals surface area (Å²) in [5.41, 5.74) is 9.19. The van der Waals surface area contributed by atoms with Gasteiger partial charge in [0.2, 0.25) is 0 Å². The third kappa shape index (κ3) is 5.39. The van der Waals surface area contributed by atoms with E-state index in [1.807, 2.05) is 6.92 Å². The van der Waals surface area contributed by atoms with Gasteiger partial charge >= 0.3 is 11.8 Å². The van der Waals surface area contributed by atoms with E-state index in [0.29, 0.717) is 30.4 Å². The predicted octanol–water partition coefficient (Wildman–Crippen LogP) is 3.69. The number of amides is 2. The fourth-order valence-corrected chi connectivity index (χ4v) is 6.60. The highest BCUT2D eigenvalue weighted by Crippen LogP contribution is 2.37. The molecule has 38 heavy (non-hydrogen) atoms. The maximum atomic E-state index is 13.4. The van der Waals surface area contributed by atoms with Gasteiger partial charge in [0, 0.05) is 26.2 Å². The van der Waals surface area contributed by atoms with Crippen LogP contribution >= 0.6 is 11.3 Å². The van der Waals surface area contributed by atoms with Crippen molar-refractivity contribution in [3.05, 3.63) is 46.6 Å². The first-order valence-corrected chi connectivity index (χ1v) is 14.2. The topological polar surface area (TPSA) is 108 Å². The van der Waals surface area contributed by atoms with Crippen LogP contribution in [0.4, 0.5) is 11.5 Å². The van der Waals surface area contributed by atoms with Gasteiger partial charge in [-0.15, -0.1) is 11.3 Å². The first-order valence-electron chi connectivity index (χ1n) is 13.4. The second-order valence-electron chi connectivity index (χ2n) is 10.8. The zero-order valence-corrected chi connectivity index (χ0v) is 23.4. The Labute approximate surface area is 228 Å². The van der Waals surface area contributed by atoms with Crippen molar-refractivity contribution < 1.29 is 9.59 Å². The van der Waals surface area contributed by atoms with Crippen LogP contribution in [-0.2, 0) is 16.0 Å². The molecule has 1 aromatic carbocycles. The minimum atomic E-state index is -0.654. The fraction of sp³-hybridized carbons (Fsp3) is 0.500. The number of thiazole rings is 1. The van der Waals surface area contributed by atoms with E-state index in [-0.39, 0.29) is 12.1 Å². The maximum absolute atomic E-state index is 13.4. The molecule has 2 saturated heterocycles. The first kappa shape index (κ1) is 26.5. The number of nitrogen functional groups attached to an aromatic ring is 1. The van der Waals surface area contributed by atoms with E-state index in [0.717, 1.165) is 58.8 Å². The molecule has 2 aliphatic rings. The van der Waals surface area contributed by atoms with E-state index in [4.69, 9.17) is 10.7 Å². The molecule has 3 aromatic rings. The SMILES string of the molecule is CCc1cc(NC(=O)C(=O)N2C[C@@H](C)CC[C@@H]2c2ccc3sc([C@@H]4CN(C)CCN4C)nc3c2)cnc1N. The van der Waals surface area contributed by atoms with E-state index in [2.05, 4.69) is 59.3 Å². The maximum Gasteiger partial charge on any atom is 0.313 e. The van der Waals surface area contributed by atoms with Crippen LogP contribution in [0.5, 0.6) is 0 Å². The number of carbonyl (C=O) groups excluding carboxylic acids is 2. The van der Waals surface area contributed by atoms with Gasteiger partial charge in [0.1, 0.15) is 10.8 Å². The Morgan fingerprint density at radius 1 is 1.13 bits per heavy atom. The summed E-state index contributed by atoms with van der Waals surface area (Å²) in [5, 5.41) is 3.86. The van der Waals surface area contributed by atoms with Crippen LogP contribution in [-0.4, -0.2) is 76.8 Å². The average molecular weight is 536 g/mol. The fourth-order valence-electron chi connectivity index (χ4n) is 5.50. The molecule has 2 amide bonds. The normalized spacial score (nSPS) is 23.1. The van der Waals surface area contributed by atoms with E-state index in [9.17, 15) is 9.59 Å². The number of aryl methyl sites for hydroxylation is 1. The minimum absolute atomic E-state index is 0.168. The number of anilines is 2. The Bertz CT molecular complexity index is 1340. The van der Waals surface area contributed by atoms with Gasteiger partial charge in [-0.25, -0.2) is 9.97 Å². The lowest BCUT2D eigenvalue weighted by atomic mass is 9.89. The Morgan fingerprint density at radius 3 is 2.74 bits per heavy atom. The molecule has 0 radical (unpaired) electrons. The number of hydrogen-bond donors (Lipinski definition) is 2. The van der Waals surface area contributed by atoms with Crippen LogP contribution in [0.2, 0.25) is 0 Å². The molecule has 202 valence electrons. The third-order valence-corrected chi connectivity index (χ3v) is 9.00. The van der Waals surface area contributed by atoms with Gasteiger partial charge in [-0.3, -0.25) is 14.5 Å². The number of rotatable bonds is 4. The van der Waals surface area contributed by atoms with Gasteiger partial charge in [0.05, 0.1) is 34.2 Å². The summed E-state index contributed by atoms with van der Waals surface area (Å²) in [5.74, 6) is -0.424. The largest absolute Gasteiger partial charge is 0.383 e. The highest BCUT2D eigenvalue weighted by atomic mass is 32.1. The summed E-state index contributed by atoms with van der Waals surface area (Å²) in [6, 6.07) is 8.21. The summed E-state index contributed by atoms with van der Waals surface area (Å²) in [4.78, 5) is 42.1. The highest BCUT2D eigenvalue weighted by Gasteiger charge is 2.35. The van der Waals surface area contributed by atoms with E-state index in [1.54, 1.807) is 22.3 Å². The van der Waals surface area contributed by atoms with Crippen LogP contribution < -0.4 is 11.1 Å². The molecule has 2 aromatic heterocycles. The van der Waals surface area contributed by atoms with E-state index in [1.165, 1.54) is 6.20 Å². The number of nitrogens with one attached hydrogen (secondary N) is 1. The number of hydrogen-bond acceptors (Lipinski definition) is 8. The van der Waals surface area contributed by atoms with Crippen LogP contribution in [0, 0.1) is 5.92 Å². The monoisotopic (exact) mass is 535 g/mol. The van der Waals surface area contributed by atoms with Crippen LogP contribution in [0.15, 0.2) is 30.5 Å². The molecule has 9 nitrogen and oxygen atoms in total. The van der Waals surface area contributed by atoms with Gasteiger partial charge < -0.3 is 20.9 Å². The lowest BCUT2D eigenvalue weighted by Gasteiger charge is -2.38. The molecular weight excluding hydrogens is 498 g/mol. The standard InChI is InChI=1S/C28H37N7O2S/c1-5-18-12-20(14-30-25(18)29)31-26(36)28(37)35-15-17(2)6-8-22(35)19-7-9-24-21(13-19)32-27(38-24)23-16-33(3)10-11-34(23)4/h7,9,12-14,17,22-23H,5-6,8,10-11,15-16H2,1-4H3,(H2,29,30)(H,31,36)/t17-,22+,23-/m0/s1. The molecule has 3 atom stereocenters. The molecule has 0 bridgehead atoms. The highest BCUT2D eigenvalue weighted by molar-refractivity contribution is 7.18. The Hall–Kier alpha value is -3.08. The molecule has 2 fully saturated rings. The quantitative estimate of drug-likeness (QED) is 0.491. The second kappa shape index (κ2) is 11.0. The molecule has 0 spiro atoms. The minimum Gasteiger partial charge on any atom is -0.383 e. The van der Waals surface area contributed by atoms with Crippen molar-refractivity contribution in [3.8, 4) is 0 Å². The Morgan fingerprint density at radius 2 is 1.95 bits per heavy atom. The molecule has 0 saturated carbocycles. The summed E-state index contributed by atoms with van der Waals surface area (Å²) in [6.45, 7) is 7.68. The van der Waals surface area contributed by atoms with Gasteiger partial charge in [-0.1, -0.05) is 19.9 Å². The van der Waals surface area contributed by atoms with Gasteiger partial charge in [0.15, 0.2) is 0 Å². The number of nitrogens with zero attached hydrogens (tertiary/aromatic N) is 5.